The lowest BCUT2D eigenvalue weighted by Crippen LogP contribution is -2.22. The Bertz CT molecular complexity index is 397. The maximum Gasteiger partial charge on any atom is 0.313 e. The van der Waals surface area contributed by atoms with Gasteiger partial charge in [0.1, 0.15) is 0 Å². The molecule has 0 bridgehead atoms. The normalized spacial score (nSPS) is 10.6. The van der Waals surface area contributed by atoms with E-state index in [2.05, 4.69) is 16.5 Å². The van der Waals surface area contributed by atoms with Gasteiger partial charge in [-0.1, -0.05) is 11.8 Å². The summed E-state index contributed by atoms with van der Waals surface area (Å²) in [6, 6.07) is 0. The van der Waals surface area contributed by atoms with Gasteiger partial charge in [-0.3, -0.25) is 9.36 Å². The molecule has 0 spiro atoms. The van der Waals surface area contributed by atoms with Crippen LogP contribution in [0.2, 0.25) is 0 Å². The van der Waals surface area contributed by atoms with E-state index in [1.807, 2.05) is 35.3 Å². The van der Waals surface area contributed by atoms with E-state index in [9.17, 15) is 4.79 Å². The van der Waals surface area contributed by atoms with Crippen LogP contribution in [-0.2, 0) is 11.8 Å². The topological polar surface area (TPSA) is 71.2 Å². The first-order valence-electron chi connectivity index (χ1n) is 5.50. The zero-order valence-corrected chi connectivity index (χ0v) is 12.4. The van der Waals surface area contributed by atoms with Gasteiger partial charge in [-0.2, -0.15) is 11.8 Å². The van der Waals surface area contributed by atoms with Crippen LogP contribution in [0.5, 0.6) is 0 Å². The molecule has 18 heavy (non-hydrogen) atoms. The Balaban J connectivity index is 2.58. The molecule has 1 aromatic rings. The largest absolute Gasteiger partial charge is 0.481 e. The first kappa shape index (κ1) is 15.2. The molecule has 0 aliphatic carbocycles. The van der Waals surface area contributed by atoms with Crippen molar-refractivity contribution in [3.05, 3.63) is 0 Å². The molecular formula is C10H18N4O2S2. The molecule has 0 saturated heterocycles. The second-order valence-electron chi connectivity index (χ2n) is 3.79. The Morgan fingerprint density at radius 2 is 2.22 bits per heavy atom. The second kappa shape index (κ2) is 7.52. The predicted molar refractivity (Wildman–Crippen MR) is 75.6 cm³/mol. The molecule has 0 amide bonds. The van der Waals surface area contributed by atoms with Crippen molar-refractivity contribution in [3.63, 3.8) is 0 Å². The molecule has 0 aliphatic rings. The minimum Gasteiger partial charge on any atom is -0.481 e. The molecule has 0 saturated carbocycles. The summed E-state index contributed by atoms with van der Waals surface area (Å²) in [5.74, 6) is 1.03. The maximum absolute atomic E-state index is 10.5. The van der Waals surface area contributed by atoms with Gasteiger partial charge in [-0.15, -0.1) is 10.2 Å². The Kier molecular flexibility index (Phi) is 6.34. The summed E-state index contributed by atoms with van der Waals surface area (Å²) in [6.07, 6.45) is 3.17. The number of rotatable bonds is 8. The summed E-state index contributed by atoms with van der Waals surface area (Å²) < 4.78 is 1.83. The van der Waals surface area contributed by atoms with E-state index in [4.69, 9.17) is 5.11 Å². The van der Waals surface area contributed by atoms with Gasteiger partial charge in [0.25, 0.3) is 0 Å². The average molecular weight is 290 g/mol. The first-order chi connectivity index (χ1) is 8.56. The molecule has 6 nitrogen and oxygen atoms in total. The fraction of sp³-hybridized carbons (Fsp3) is 0.700. The minimum absolute atomic E-state index is 0.00215. The van der Waals surface area contributed by atoms with Gasteiger partial charge in [-0.25, -0.2) is 0 Å². The van der Waals surface area contributed by atoms with Crippen LogP contribution in [0.4, 0.5) is 5.95 Å². The van der Waals surface area contributed by atoms with Crippen molar-refractivity contribution in [1.29, 1.82) is 0 Å². The fourth-order valence-corrected chi connectivity index (χ4v) is 2.48. The third-order valence-electron chi connectivity index (χ3n) is 2.32. The fourth-order valence-electron chi connectivity index (χ4n) is 1.44. The van der Waals surface area contributed by atoms with Crippen LogP contribution in [0.25, 0.3) is 0 Å². The van der Waals surface area contributed by atoms with Crippen molar-refractivity contribution in [2.45, 2.75) is 11.6 Å². The average Bonchev–Trinajstić information content (AvgIpc) is 2.68. The van der Waals surface area contributed by atoms with Crippen molar-refractivity contribution in [2.75, 3.05) is 36.3 Å². The number of carboxylic acids is 1. The van der Waals surface area contributed by atoms with Crippen LogP contribution in [0.15, 0.2) is 5.16 Å². The van der Waals surface area contributed by atoms with E-state index in [1.54, 1.807) is 0 Å². The van der Waals surface area contributed by atoms with Gasteiger partial charge in [0.05, 0.1) is 5.75 Å². The number of carbonyl (C=O) groups is 1. The molecule has 8 heteroatoms. The third kappa shape index (κ3) is 4.41. The molecule has 1 heterocycles. The molecule has 1 rings (SSSR count). The van der Waals surface area contributed by atoms with Gasteiger partial charge in [0.15, 0.2) is 5.16 Å². The van der Waals surface area contributed by atoms with E-state index in [1.165, 1.54) is 11.8 Å². The SMILES string of the molecule is CSCCCN(C)c1nnc(SCC(=O)O)n1C. The Labute approximate surface area is 115 Å². The quantitative estimate of drug-likeness (QED) is 0.569. The van der Waals surface area contributed by atoms with Crippen molar-refractivity contribution in [2.24, 2.45) is 7.05 Å². The number of anilines is 1. The highest BCUT2D eigenvalue weighted by molar-refractivity contribution is 7.99. The van der Waals surface area contributed by atoms with Gasteiger partial charge in [0, 0.05) is 20.6 Å². The van der Waals surface area contributed by atoms with Crippen LogP contribution < -0.4 is 4.90 Å². The monoisotopic (exact) mass is 290 g/mol. The predicted octanol–water partition coefficient (Wildman–Crippen LogP) is 1.18. The molecule has 0 aromatic carbocycles. The Morgan fingerprint density at radius 1 is 1.50 bits per heavy atom. The number of hydrogen-bond donors (Lipinski definition) is 1. The highest BCUT2D eigenvalue weighted by atomic mass is 32.2. The minimum atomic E-state index is -0.849. The summed E-state index contributed by atoms with van der Waals surface area (Å²) in [5, 5.41) is 17.4. The van der Waals surface area contributed by atoms with E-state index in [-0.39, 0.29) is 5.75 Å². The molecule has 0 unspecified atom stereocenters. The zero-order valence-electron chi connectivity index (χ0n) is 10.8. The molecule has 0 aliphatic heterocycles. The van der Waals surface area contributed by atoms with Gasteiger partial charge in [-0.05, 0) is 18.4 Å². The number of aliphatic carboxylic acids is 1. The Morgan fingerprint density at radius 3 is 2.83 bits per heavy atom. The molecule has 0 atom stereocenters. The van der Waals surface area contributed by atoms with Crippen LogP contribution in [0.3, 0.4) is 0 Å². The molecule has 1 aromatic heterocycles. The highest BCUT2D eigenvalue weighted by Crippen LogP contribution is 2.19. The smallest absolute Gasteiger partial charge is 0.313 e. The lowest BCUT2D eigenvalue weighted by Gasteiger charge is -2.17. The molecule has 0 radical (unpaired) electrons. The third-order valence-corrected chi connectivity index (χ3v) is 4.02. The summed E-state index contributed by atoms with van der Waals surface area (Å²) in [6.45, 7) is 0.913. The van der Waals surface area contributed by atoms with Gasteiger partial charge in [0.2, 0.25) is 5.95 Å². The molecular weight excluding hydrogens is 272 g/mol. The van der Waals surface area contributed by atoms with Crippen LogP contribution in [0.1, 0.15) is 6.42 Å². The highest BCUT2D eigenvalue weighted by Gasteiger charge is 2.13. The van der Waals surface area contributed by atoms with Gasteiger partial charge >= 0.3 is 5.97 Å². The number of aromatic nitrogens is 3. The standard InChI is InChI=1S/C10H18N4O2S2/c1-13(5-4-6-17-3)9-11-12-10(14(9)2)18-7-8(15)16/h4-7H2,1-3H3,(H,15,16). The summed E-state index contributed by atoms with van der Waals surface area (Å²) in [7, 11) is 3.82. The van der Waals surface area contributed by atoms with Crippen molar-refractivity contribution >= 4 is 35.4 Å². The second-order valence-corrected chi connectivity index (χ2v) is 5.72. The number of thioether (sulfide) groups is 2. The van der Waals surface area contributed by atoms with Crippen molar-refractivity contribution in [1.82, 2.24) is 14.8 Å². The van der Waals surface area contributed by atoms with Crippen molar-refractivity contribution in [3.8, 4) is 0 Å². The number of hydrogen-bond acceptors (Lipinski definition) is 6. The number of carboxylic acid groups (broad SMARTS) is 1. The summed E-state index contributed by atoms with van der Waals surface area (Å²) in [5.41, 5.74) is 0. The lowest BCUT2D eigenvalue weighted by atomic mass is 10.4. The summed E-state index contributed by atoms with van der Waals surface area (Å²) >= 11 is 3.00. The molecule has 0 fully saturated rings. The van der Waals surface area contributed by atoms with Crippen LogP contribution in [-0.4, -0.2) is 57.2 Å². The van der Waals surface area contributed by atoms with E-state index >= 15 is 0 Å². The van der Waals surface area contributed by atoms with Gasteiger partial charge < -0.3 is 10.0 Å². The summed E-state index contributed by atoms with van der Waals surface area (Å²) in [4.78, 5) is 12.5. The van der Waals surface area contributed by atoms with Crippen LogP contribution in [0, 0.1) is 0 Å². The molecule has 1 N–H and O–H groups in total. The maximum atomic E-state index is 10.5. The van der Waals surface area contributed by atoms with E-state index in [0.717, 1.165) is 24.7 Å². The first-order valence-corrected chi connectivity index (χ1v) is 7.88. The number of nitrogens with zero attached hydrogens (tertiary/aromatic N) is 4. The lowest BCUT2D eigenvalue weighted by molar-refractivity contribution is -0.133. The van der Waals surface area contributed by atoms with Crippen molar-refractivity contribution < 1.29 is 9.90 Å². The van der Waals surface area contributed by atoms with E-state index in [0.29, 0.717) is 5.16 Å². The van der Waals surface area contributed by atoms with Crippen LogP contribution >= 0.6 is 23.5 Å². The molecule has 102 valence electrons. The van der Waals surface area contributed by atoms with E-state index < -0.39 is 5.97 Å². The Hall–Kier alpha value is -0.890. The zero-order chi connectivity index (χ0) is 13.5.